The molecule has 0 N–H and O–H groups in total. The third-order valence-corrected chi connectivity index (χ3v) is 9.99. The molecule has 10 aromatic rings. The summed E-state index contributed by atoms with van der Waals surface area (Å²) in [4.78, 5) is 4.94. The molecule has 0 fully saturated rings. The zero-order valence-electron chi connectivity index (χ0n) is 26.7. The summed E-state index contributed by atoms with van der Waals surface area (Å²) in [6, 6.07) is 65.7. The van der Waals surface area contributed by atoms with Crippen molar-refractivity contribution in [2.24, 2.45) is 0 Å². The molecule has 0 aliphatic rings. The van der Waals surface area contributed by atoms with Crippen LogP contribution in [0, 0.1) is 0 Å². The molecule has 0 radical (unpaired) electrons. The molecule has 8 aromatic carbocycles. The van der Waals surface area contributed by atoms with E-state index in [9.17, 15) is 0 Å². The van der Waals surface area contributed by atoms with E-state index in [1.165, 1.54) is 65.6 Å². The normalized spacial score (nSPS) is 11.7. The van der Waals surface area contributed by atoms with Crippen LogP contribution < -0.4 is 0 Å². The quantitative estimate of drug-likeness (QED) is 0.179. The van der Waals surface area contributed by atoms with Gasteiger partial charge in [0.15, 0.2) is 0 Å². The van der Waals surface area contributed by atoms with E-state index in [0.717, 1.165) is 27.8 Å². The number of aromatic nitrogens is 2. The molecule has 2 heterocycles. The van der Waals surface area contributed by atoms with Crippen LogP contribution in [0.4, 0.5) is 0 Å². The Bertz CT molecular complexity index is 2750. The highest BCUT2D eigenvalue weighted by Crippen LogP contribution is 2.44. The molecule has 0 spiro atoms. The smallest absolute Gasteiger partial charge is 0.0709 e. The molecule has 49 heavy (non-hydrogen) atoms. The van der Waals surface area contributed by atoms with Crippen molar-refractivity contribution in [2.45, 2.75) is 0 Å². The summed E-state index contributed by atoms with van der Waals surface area (Å²) < 4.78 is 2.38. The highest BCUT2D eigenvalue weighted by molar-refractivity contribution is 6.21. The lowest BCUT2D eigenvalue weighted by atomic mass is 9.86. The highest BCUT2D eigenvalue weighted by atomic mass is 15.0. The van der Waals surface area contributed by atoms with Crippen molar-refractivity contribution in [1.82, 2.24) is 9.55 Å². The van der Waals surface area contributed by atoms with Crippen LogP contribution in [0.25, 0.3) is 93.5 Å². The predicted molar refractivity (Wildman–Crippen MR) is 207 cm³/mol. The highest BCUT2D eigenvalue weighted by Gasteiger charge is 2.17. The molecular formula is C47H30N2. The lowest BCUT2D eigenvalue weighted by molar-refractivity contribution is 1.18. The van der Waals surface area contributed by atoms with Crippen molar-refractivity contribution in [3.05, 3.63) is 182 Å². The molecule has 2 nitrogen and oxygen atoms in total. The molecule has 10 rings (SSSR count). The summed E-state index contributed by atoms with van der Waals surface area (Å²) in [6.45, 7) is 0. The van der Waals surface area contributed by atoms with E-state index in [1.807, 2.05) is 6.07 Å². The van der Waals surface area contributed by atoms with Gasteiger partial charge < -0.3 is 4.57 Å². The number of para-hydroxylation sites is 3. The molecule has 0 saturated heterocycles. The third-order valence-electron chi connectivity index (χ3n) is 9.99. The molecule has 2 heteroatoms. The number of rotatable bonds is 4. The average molecular weight is 623 g/mol. The maximum absolute atomic E-state index is 4.94. The number of hydrogen-bond acceptors (Lipinski definition) is 1. The lowest BCUT2D eigenvalue weighted by Crippen LogP contribution is -1.94. The Balaban J connectivity index is 1.12. The summed E-state index contributed by atoms with van der Waals surface area (Å²) >= 11 is 0. The van der Waals surface area contributed by atoms with Gasteiger partial charge in [-0.3, -0.25) is 0 Å². The van der Waals surface area contributed by atoms with Crippen LogP contribution in [0.1, 0.15) is 0 Å². The van der Waals surface area contributed by atoms with E-state index >= 15 is 0 Å². The van der Waals surface area contributed by atoms with E-state index in [4.69, 9.17) is 4.98 Å². The molecule has 2 aromatic heterocycles. The first-order chi connectivity index (χ1) is 24.3. The van der Waals surface area contributed by atoms with Crippen LogP contribution in [0.5, 0.6) is 0 Å². The largest absolute Gasteiger partial charge is 0.309 e. The molecular weight excluding hydrogens is 593 g/mol. The fourth-order valence-electron chi connectivity index (χ4n) is 7.76. The van der Waals surface area contributed by atoms with Crippen LogP contribution in [0.15, 0.2) is 182 Å². The number of fused-ring (bicyclic) bond motifs is 6. The second-order valence-corrected chi connectivity index (χ2v) is 12.7. The minimum absolute atomic E-state index is 0.986. The SMILES string of the molecule is c1ccc2nc(-c3ccc(-c4c5ccccc5c(-c5ccc(-n6c7ccccc7c7ccccc76)cc5)c5ccccc45)cc3)ccc2c1. The predicted octanol–water partition coefficient (Wildman–Crippen LogP) is 12.6. The Morgan fingerprint density at radius 2 is 0.755 bits per heavy atom. The molecule has 0 aliphatic carbocycles. The van der Waals surface area contributed by atoms with Gasteiger partial charge in [0.05, 0.1) is 22.2 Å². The molecule has 0 bridgehead atoms. The van der Waals surface area contributed by atoms with Crippen LogP contribution in [-0.4, -0.2) is 9.55 Å². The second-order valence-electron chi connectivity index (χ2n) is 12.7. The van der Waals surface area contributed by atoms with Crippen molar-refractivity contribution >= 4 is 54.3 Å². The monoisotopic (exact) mass is 622 g/mol. The van der Waals surface area contributed by atoms with E-state index in [2.05, 4.69) is 180 Å². The van der Waals surface area contributed by atoms with E-state index in [0.29, 0.717) is 0 Å². The Morgan fingerprint density at radius 1 is 0.327 bits per heavy atom. The Morgan fingerprint density at radius 3 is 1.31 bits per heavy atom. The molecule has 0 unspecified atom stereocenters. The van der Waals surface area contributed by atoms with Crippen molar-refractivity contribution in [3.63, 3.8) is 0 Å². The van der Waals surface area contributed by atoms with E-state index in [1.54, 1.807) is 0 Å². The van der Waals surface area contributed by atoms with Gasteiger partial charge in [-0.2, -0.15) is 0 Å². The minimum atomic E-state index is 0.986. The molecule has 0 saturated carbocycles. The van der Waals surface area contributed by atoms with Gasteiger partial charge in [-0.05, 0) is 80.2 Å². The topological polar surface area (TPSA) is 17.8 Å². The number of nitrogens with zero attached hydrogens (tertiary/aromatic N) is 2. The van der Waals surface area contributed by atoms with Gasteiger partial charge in [0.1, 0.15) is 0 Å². The van der Waals surface area contributed by atoms with Crippen LogP contribution in [-0.2, 0) is 0 Å². The standard InChI is InChI=1S/C47H30N2/c1-8-18-42-31(11-1)27-30-43(48-42)32-21-23-33(24-22-32)46-38-14-2-4-16-40(38)47(41-17-5-3-15-39(41)46)34-25-28-35(29-26-34)49-44-19-9-6-12-36(44)37-13-7-10-20-45(37)49/h1-30H. The van der Waals surface area contributed by atoms with Crippen molar-refractivity contribution in [3.8, 4) is 39.2 Å². The number of benzene rings is 8. The zero-order chi connectivity index (χ0) is 32.3. The van der Waals surface area contributed by atoms with Gasteiger partial charge in [-0.1, -0.05) is 146 Å². The maximum atomic E-state index is 4.94. The number of pyridine rings is 1. The van der Waals surface area contributed by atoms with Crippen LogP contribution in [0.3, 0.4) is 0 Å². The third kappa shape index (κ3) is 4.38. The van der Waals surface area contributed by atoms with Gasteiger partial charge in [0.2, 0.25) is 0 Å². The van der Waals surface area contributed by atoms with E-state index < -0.39 is 0 Å². The summed E-state index contributed by atoms with van der Waals surface area (Å²) in [5, 5.41) is 8.70. The number of hydrogen-bond donors (Lipinski definition) is 0. The maximum Gasteiger partial charge on any atom is 0.0709 e. The first-order valence-electron chi connectivity index (χ1n) is 16.8. The summed E-state index contributed by atoms with van der Waals surface area (Å²) in [6.07, 6.45) is 0. The van der Waals surface area contributed by atoms with E-state index in [-0.39, 0.29) is 0 Å². The first-order valence-corrected chi connectivity index (χ1v) is 16.8. The van der Waals surface area contributed by atoms with Crippen LogP contribution >= 0.6 is 0 Å². The fraction of sp³-hybridized carbons (Fsp3) is 0. The van der Waals surface area contributed by atoms with Gasteiger partial charge >= 0.3 is 0 Å². The van der Waals surface area contributed by atoms with Gasteiger partial charge in [-0.25, -0.2) is 4.98 Å². The lowest BCUT2D eigenvalue weighted by Gasteiger charge is -2.18. The Labute approximate surface area is 284 Å². The van der Waals surface area contributed by atoms with Crippen LogP contribution in [0.2, 0.25) is 0 Å². The Kier molecular flexibility index (Phi) is 6.22. The summed E-state index contributed by atoms with van der Waals surface area (Å²) in [7, 11) is 0. The average Bonchev–Trinajstić information content (AvgIpc) is 3.51. The molecule has 0 amide bonds. The molecule has 228 valence electrons. The summed E-state index contributed by atoms with van der Waals surface area (Å²) in [5.74, 6) is 0. The van der Waals surface area contributed by atoms with Crippen molar-refractivity contribution < 1.29 is 0 Å². The van der Waals surface area contributed by atoms with Crippen molar-refractivity contribution in [2.75, 3.05) is 0 Å². The second kappa shape index (κ2) is 11.0. The van der Waals surface area contributed by atoms with Gasteiger partial charge in [0.25, 0.3) is 0 Å². The fourth-order valence-corrected chi connectivity index (χ4v) is 7.76. The first kappa shape index (κ1) is 27.6. The van der Waals surface area contributed by atoms with Gasteiger partial charge in [0, 0.05) is 27.4 Å². The summed E-state index contributed by atoms with van der Waals surface area (Å²) in [5.41, 5.74) is 11.6. The zero-order valence-corrected chi connectivity index (χ0v) is 26.7. The minimum Gasteiger partial charge on any atom is -0.309 e. The molecule has 0 aliphatic heterocycles. The Hall–Kier alpha value is -6.51. The van der Waals surface area contributed by atoms with Crippen molar-refractivity contribution in [1.29, 1.82) is 0 Å². The van der Waals surface area contributed by atoms with Gasteiger partial charge in [-0.15, -0.1) is 0 Å². The molecule has 0 atom stereocenters.